The Hall–Kier alpha value is -1.38. The Morgan fingerprint density at radius 2 is 2.38 bits per heavy atom. The molecule has 13 heavy (non-hydrogen) atoms. The predicted octanol–water partition coefficient (Wildman–Crippen LogP) is 1.38. The maximum Gasteiger partial charge on any atom is 0.228 e. The standard InChI is InChI=1S/C10H12N2O/c1-2-8-5-9(7-11-6-8)12-4-3-10(12)13/h5-7H,2-4H2,1H3. The van der Waals surface area contributed by atoms with Crippen LogP contribution in [0.3, 0.4) is 0 Å². The van der Waals surface area contributed by atoms with Gasteiger partial charge in [0.1, 0.15) is 0 Å². The maximum absolute atomic E-state index is 11.1. The third-order valence-electron chi connectivity index (χ3n) is 2.35. The number of carbonyl (C=O) groups is 1. The van der Waals surface area contributed by atoms with Gasteiger partial charge in [0, 0.05) is 19.2 Å². The van der Waals surface area contributed by atoms with Crippen LogP contribution in [0.15, 0.2) is 18.5 Å². The van der Waals surface area contributed by atoms with Crippen molar-refractivity contribution in [2.24, 2.45) is 0 Å². The largest absolute Gasteiger partial charge is 0.310 e. The molecular weight excluding hydrogens is 164 g/mol. The zero-order valence-corrected chi connectivity index (χ0v) is 7.66. The van der Waals surface area contributed by atoms with E-state index in [1.807, 2.05) is 12.3 Å². The quantitative estimate of drug-likeness (QED) is 0.638. The third-order valence-corrected chi connectivity index (χ3v) is 2.35. The zero-order valence-electron chi connectivity index (χ0n) is 7.66. The van der Waals surface area contributed by atoms with Crippen molar-refractivity contribution in [3.8, 4) is 0 Å². The van der Waals surface area contributed by atoms with Crippen molar-refractivity contribution < 1.29 is 4.79 Å². The summed E-state index contributed by atoms with van der Waals surface area (Å²) in [5.41, 5.74) is 2.12. The van der Waals surface area contributed by atoms with Gasteiger partial charge in [-0.1, -0.05) is 6.92 Å². The molecule has 0 spiro atoms. The van der Waals surface area contributed by atoms with Crippen LogP contribution in [0, 0.1) is 0 Å². The first kappa shape index (κ1) is 8.23. The van der Waals surface area contributed by atoms with E-state index in [9.17, 15) is 4.79 Å². The summed E-state index contributed by atoms with van der Waals surface area (Å²) < 4.78 is 0. The molecule has 3 heteroatoms. The summed E-state index contributed by atoms with van der Waals surface area (Å²) in [5.74, 6) is 0.204. The summed E-state index contributed by atoms with van der Waals surface area (Å²) in [5, 5.41) is 0. The number of nitrogens with zero attached hydrogens (tertiary/aromatic N) is 2. The average Bonchev–Trinajstić information content (AvgIpc) is 2.16. The molecule has 0 aliphatic carbocycles. The average molecular weight is 176 g/mol. The number of amides is 1. The van der Waals surface area contributed by atoms with Gasteiger partial charge in [-0.2, -0.15) is 0 Å². The van der Waals surface area contributed by atoms with Gasteiger partial charge in [0.2, 0.25) is 5.91 Å². The van der Waals surface area contributed by atoms with Gasteiger partial charge in [-0.15, -0.1) is 0 Å². The summed E-state index contributed by atoms with van der Waals surface area (Å²) in [6.07, 6.45) is 5.23. The molecule has 1 aliphatic heterocycles. The third kappa shape index (κ3) is 1.41. The second kappa shape index (κ2) is 3.17. The number of pyridine rings is 1. The molecule has 0 saturated carbocycles. The van der Waals surface area contributed by atoms with Crippen molar-refractivity contribution in [1.82, 2.24) is 4.98 Å². The highest BCUT2D eigenvalue weighted by Crippen LogP contribution is 2.21. The number of carbonyl (C=O) groups excluding carboxylic acids is 1. The SMILES string of the molecule is CCc1cncc(N2CCC2=O)c1. The molecule has 0 aromatic carbocycles. The lowest BCUT2D eigenvalue weighted by atomic mass is 10.1. The molecule has 2 heterocycles. The minimum atomic E-state index is 0.204. The molecule has 1 fully saturated rings. The minimum Gasteiger partial charge on any atom is -0.310 e. The number of aryl methyl sites for hydroxylation is 1. The van der Waals surface area contributed by atoms with E-state index in [2.05, 4.69) is 11.9 Å². The monoisotopic (exact) mass is 176 g/mol. The van der Waals surface area contributed by atoms with E-state index in [-0.39, 0.29) is 5.91 Å². The topological polar surface area (TPSA) is 33.2 Å². The number of hydrogen-bond acceptors (Lipinski definition) is 2. The molecule has 1 saturated heterocycles. The van der Waals surface area contributed by atoms with Crippen molar-refractivity contribution in [3.05, 3.63) is 24.0 Å². The predicted molar refractivity (Wildman–Crippen MR) is 50.6 cm³/mol. The van der Waals surface area contributed by atoms with Gasteiger partial charge >= 0.3 is 0 Å². The minimum absolute atomic E-state index is 0.204. The highest BCUT2D eigenvalue weighted by atomic mass is 16.2. The normalized spacial score (nSPS) is 15.8. The van der Waals surface area contributed by atoms with Gasteiger partial charge in [-0.05, 0) is 18.1 Å². The summed E-state index contributed by atoms with van der Waals surface area (Å²) in [7, 11) is 0. The van der Waals surface area contributed by atoms with Crippen molar-refractivity contribution in [2.45, 2.75) is 19.8 Å². The molecule has 0 bridgehead atoms. The van der Waals surface area contributed by atoms with Crippen molar-refractivity contribution >= 4 is 11.6 Å². The van der Waals surface area contributed by atoms with Crippen LogP contribution in [0.5, 0.6) is 0 Å². The van der Waals surface area contributed by atoms with E-state index >= 15 is 0 Å². The van der Waals surface area contributed by atoms with Crippen LogP contribution in [0.1, 0.15) is 18.9 Å². The van der Waals surface area contributed by atoms with Crippen molar-refractivity contribution in [3.63, 3.8) is 0 Å². The van der Waals surface area contributed by atoms with Crippen LogP contribution in [-0.4, -0.2) is 17.4 Å². The highest BCUT2D eigenvalue weighted by molar-refractivity contribution is 5.99. The molecule has 1 aromatic heterocycles. The smallest absolute Gasteiger partial charge is 0.228 e. The van der Waals surface area contributed by atoms with E-state index in [4.69, 9.17) is 0 Å². The van der Waals surface area contributed by atoms with Crippen LogP contribution in [0.4, 0.5) is 5.69 Å². The molecule has 1 amide bonds. The zero-order chi connectivity index (χ0) is 9.26. The Bertz CT molecular complexity index is 335. The van der Waals surface area contributed by atoms with Crippen molar-refractivity contribution in [2.75, 3.05) is 11.4 Å². The molecule has 1 aliphatic rings. The molecule has 1 aromatic rings. The Morgan fingerprint density at radius 1 is 1.54 bits per heavy atom. The van der Waals surface area contributed by atoms with E-state index < -0.39 is 0 Å². The van der Waals surface area contributed by atoms with Gasteiger partial charge < -0.3 is 4.90 Å². The first-order chi connectivity index (χ1) is 6.31. The summed E-state index contributed by atoms with van der Waals surface area (Å²) in [4.78, 5) is 17.0. The van der Waals surface area contributed by atoms with E-state index in [1.165, 1.54) is 5.56 Å². The molecule has 0 N–H and O–H groups in total. The van der Waals surface area contributed by atoms with E-state index in [1.54, 1.807) is 11.1 Å². The Kier molecular flexibility index (Phi) is 2.00. The van der Waals surface area contributed by atoms with Gasteiger partial charge in [0.15, 0.2) is 0 Å². The van der Waals surface area contributed by atoms with E-state index in [0.29, 0.717) is 6.42 Å². The molecule has 3 nitrogen and oxygen atoms in total. The number of hydrogen-bond donors (Lipinski definition) is 0. The molecule has 0 atom stereocenters. The van der Waals surface area contributed by atoms with Gasteiger partial charge in [-0.3, -0.25) is 9.78 Å². The van der Waals surface area contributed by atoms with Gasteiger partial charge in [0.25, 0.3) is 0 Å². The molecule has 68 valence electrons. The number of rotatable bonds is 2. The fraction of sp³-hybridized carbons (Fsp3) is 0.400. The lowest BCUT2D eigenvalue weighted by Gasteiger charge is -2.30. The molecule has 0 radical (unpaired) electrons. The molecule has 0 unspecified atom stereocenters. The number of aromatic nitrogens is 1. The molecular formula is C10H12N2O. The first-order valence-corrected chi connectivity index (χ1v) is 4.55. The van der Waals surface area contributed by atoms with Gasteiger partial charge in [0.05, 0.1) is 11.9 Å². The number of β-lactam (4-membered cyclic amide) rings is 1. The summed E-state index contributed by atoms with van der Waals surface area (Å²) in [6, 6.07) is 2.03. The van der Waals surface area contributed by atoms with Crippen LogP contribution < -0.4 is 4.90 Å². The summed E-state index contributed by atoms with van der Waals surface area (Å²) in [6.45, 7) is 2.92. The highest BCUT2D eigenvalue weighted by Gasteiger charge is 2.25. The fourth-order valence-electron chi connectivity index (χ4n) is 1.40. The van der Waals surface area contributed by atoms with Crippen LogP contribution >= 0.6 is 0 Å². The lowest BCUT2D eigenvalue weighted by molar-refractivity contribution is -0.122. The lowest BCUT2D eigenvalue weighted by Crippen LogP contribution is -2.43. The fourth-order valence-corrected chi connectivity index (χ4v) is 1.40. The second-order valence-electron chi connectivity index (χ2n) is 3.20. The van der Waals surface area contributed by atoms with Crippen LogP contribution in [0.25, 0.3) is 0 Å². The Balaban J connectivity index is 2.24. The van der Waals surface area contributed by atoms with Gasteiger partial charge in [-0.25, -0.2) is 0 Å². The van der Waals surface area contributed by atoms with Crippen LogP contribution in [-0.2, 0) is 11.2 Å². The Morgan fingerprint density at radius 3 is 2.92 bits per heavy atom. The molecule has 2 rings (SSSR count). The van der Waals surface area contributed by atoms with Crippen LogP contribution in [0.2, 0.25) is 0 Å². The second-order valence-corrected chi connectivity index (χ2v) is 3.20. The van der Waals surface area contributed by atoms with Crippen molar-refractivity contribution in [1.29, 1.82) is 0 Å². The number of anilines is 1. The Labute approximate surface area is 77.4 Å². The van der Waals surface area contributed by atoms with E-state index in [0.717, 1.165) is 18.7 Å². The maximum atomic E-state index is 11.1. The first-order valence-electron chi connectivity index (χ1n) is 4.55. The summed E-state index contributed by atoms with van der Waals surface area (Å²) >= 11 is 0.